The monoisotopic (exact) mass is 377 g/mol. The maximum Gasteiger partial charge on any atom is 0.170 e. The summed E-state index contributed by atoms with van der Waals surface area (Å²) in [5, 5.41) is 4.28. The fourth-order valence-electron chi connectivity index (χ4n) is 3.77. The molecule has 1 N–H and O–H groups in total. The first-order valence-electron chi connectivity index (χ1n) is 9.19. The lowest BCUT2D eigenvalue weighted by atomic mass is 10.0. The summed E-state index contributed by atoms with van der Waals surface area (Å²) in [7, 11) is 0. The van der Waals surface area contributed by atoms with Crippen LogP contribution in [0.4, 0.5) is 0 Å². The summed E-state index contributed by atoms with van der Waals surface area (Å²) in [5.41, 5.74) is 3.40. The molecule has 0 bridgehead atoms. The van der Waals surface area contributed by atoms with E-state index in [1.807, 2.05) is 30.6 Å². The minimum atomic E-state index is 0.0173. The summed E-state index contributed by atoms with van der Waals surface area (Å²) < 4.78 is 2.28. The van der Waals surface area contributed by atoms with Gasteiger partial charge in [-0.2, -0.15) is 0 Å². The van der Waals surface area contributed by atoms with Crippen molar-refractivity contribution in [2.24, 2.45) is 0 Å². The molecular formula is C21H23N5S. The van der Waals surface area contributed by atoms with E-state index < -0.39 is 0 Å². The predicted octanol–water partition coefficient (Wildman–Crippen LogP) is 3.71. The van der Waals surface area contributed by atoms with Crippen LogP contribution in [-0.4, -0.2) is 30.6 Å². The van der Waals surface area contributed by atoms with Crippen molar-refractivity contribution in [1.82, 2.24) is 24.8 Å². The Morgan fingerprint density at radius 1 is 1.11 bits per heavy atom. The molecule has 1 aliphatic heterocycles. The Labute approximate surface area is 165 Å². The number of nitrogens with one attached hydrogen (secondary N) is 1. The number of rotatable bonds is 5. The highest BCUT2D eigenvalue weighted by atomic mass is 32.1. The van der Waals surface area contributed by atoms with E-state index in [0.717, 1.165) is 17.4 Å². The van der Waals surface area contributed by atoms with Gasteiger partial charge in [0.25, 0.3) is 0 Å². The van der Waals surface area contributed by atoms with E-state index in [-0.39, 0.29) is 18.1 Å². The van der Waals surface area contributed by atoms with Crippen LogP contribution in [0.25, 0.3) is 0 Å². The Kier molecular flexibility index (Phi) is 4.90. The third-order valence-corrected chi connectivity index (χ3v) is 5.26. The van der Waals surface area contributed by atoms with Crippen molar-refractivity contribution in [1.29, 1.82) is 0 Å². The van der Waals surface area contributed by atoms with Crippen molar-refractivity contribution >= 4 is 17.3 Å². The Hall–Kier alpha value is -2.73. The lowest BCUT2D eigenvalue weighted by Gasteiger charge is -2.31. The van der Waals surface area contributed by atoms with Gasteiger partial charge in [0.1, 0.15) is 0 Å². The van der Waals surface area contributed by atoms with Crippen molar-refractivity contribution < 1.29 is 0 Å². The van der Waals surface area contributed by atoms with Gasteiger partial charge in [0.15, 0.2) is 5.11 Å². The molecule has 5 nitrogen and oxygen atoms in total. The molecule has 0 aromatic carbocycles. The SMILES string of the molecule is CC(C)N1C(=S)N[C@H](c2ccccn2)[C@@H]1c1cccn1Cc1cccnc1. The van der Waals surface area contributed by atoms with Crippen molar-refractivity contribution in [3.8, 4) is 0 Å². The maximum absolute atomic E-state index is 5.69. The first kappa shape index (κ1) is 17.7. The smallest absolute Gasteiger partial charge is 0.170 e. The van der Waals surface area contributed by atoms with Crippen LogP contribution in [0.15, 0.2) is 67.3 Å². The molecule has 1 aliphatic rings. The Morgan fingerprint density at radius 3 is 2.70 bits per heavy atom. The molecule has 0 saturated carbocycles. The van der Waals surface area contributed by atoms with Crippen molar-refractivity contribution in [3.63, 3.8) is 0 Å². The van der Waals surface area contributed by atoms with Crippen LogP contribution in [0, 0.1) is 0 Å². The van der Waals surface area contributed by atoms with Gasteiger partial charge in [-0.05, 0) is 62.0 Å². The van der Waals surface area contributed by atoms with E-state index in [1.165, 1.54) is 11.3 Å². The molecule has 0 spiro atoms. The molecule has 1 fully saturated rings. The number of thiocarbonyl (C=S) groups is 1. The second-order valence-electron chi connectivity index (χ2n) is 7.05. The third-order valence-electron chi connectivity index (χ3n) is 4.94. The van der Waals surface area contributed by atoms with Gasteiger partial charge >= 0.3 is 0 Å². The summed E-state index contributed by atoms with van der Waals surface area (Å²) in [6, 6.07) is 14.8. The number of hydrogen-bond acceptors (Lipinski definition) is 3. The highest BCUT2D eigenvalue weighted by molar-refractivity contribution is 7.80. The molecule has 138 valence electrons. The molecule has 6 heteroatoms. The summed E-state index contributed by atoms with van der Waals surface area (Å²) in [6.07, 6.45) is 7.68. The summed E-state index contributed by atoms with van der Waals surface area (Å²) in [6.45, 7) is 5.13. The first-order chi connectivity index (χ1) is 13.1. The molecule has 0 unspecified atom stereocenters. The summed E-state index contributed by atoms with van der Waals surface area (Å²) in [4.78, 5) is 11.1. The average Bonchev–Trinajstić information content (AvgIpc) is 3.27. The lowest BCUT2D eigenvalue weighted by molar-refractivity contribution is 0.259. The molecule has 3 aromatic rings. The molecular weight excluding hydrogens is 354 g/mol. The second kappa shape index (κ2) is 7.48. The Balaban J connectivity index is 1.74. The normalized spacial score (nSPS) is 19.5. The highest BCUT2D eigenvalue weighted by Gasteiger charge is 2.42. The topological polar surface area (TPSA) is 46.0 Å². The zero-order valence-corrected chi connectivity index (χ0v) is 16.3. The number of hydrogen-bond donors (Lipinski definition) is 1. The van der Waals surface area contributed by atoms with Crippen molar-refractivity contribution in [2.75, 3.05) is 0 Å². The Morgan fingerprint density at radius 2 is 2.00 bits per heavy atom. The van der Waals surface area contributed by atoms with Crippen LogP contribution in [0.2, 0.25) is 0 Å². The minimum absolute atomic E-state index is 0.0173. The molecule has 0 aliphatic carbocycles. The standard InChI is InChI=1S/C21H23N5S/c1-15(2)26-20(19(24-21(26)27)17-8-3-4-11-23-17)18-9-6-12-25(18)14-16-7-5-10-22-13-16/h3-13,15,19-20H,14H2,1-2H3,(H,24,27)/t19-,20+/m1/s1. The molecule has 3 aromatic heterocycles. The first-order valence-corrected chi connectivity index (χ1v) is 9.59. The van der Waals surface area contributed by atoms with E-state index in [4.69, 9.17) is 12.2 Å². The second-order valence-corrected chi connectivity index (χ2v) is 7.44. The van der Waals surface area contributed by atoms with Gasteiger partial charge in [0.2, 0.25) is 0 Å². The molecule has 1 saturated heterocycles. The van der Waals surface area contributed by atoms with Crippen LogP contribution >= 0.6 is 12.2 Å². The molecule has 0 amide bonds. The van der Waals surface area contributed by atoms with Gasteiger partial charge in [0, 0.05) is 43.1 Å². The summed E-state index contributed by atoms with van der Waals surface area (Å²) in [5.74, 6) is 0. The molecule has 0 radical (unpaired) electrons. The quantitative estimate of drug-likeness (QED) is 0.687. The molecule has 27 heavy (non-hydrogen) atoms. The highest BCUT2D eigenvalue weighted by Crippen LogP contribution is 2.39. The van der Waals surface area contributed by atoms with E-state index in [0.29, 0.717) is 0 Å². The average molecular weight is 378 g/mol. The Bertz CT molecular complexity index is 907. The van der Waals surface area contributed by atoms with E-state index in [9.17, 15) is 0 Å². The molecule has 4 rings (SSSR count). The number of nitrogens with zero attached hydrogens (tertiary/aromatic N) is 4. The van der Waals surface area contributed by atoms with Gasteiger partial charge in [-0.1, -0.05) is 12.1 Å². The zero-order chi connectivity index (χ0) is 18.8. The fraction of sp³-hybridized carbons (Fsp3) is 0.286. The van der Waals surface area contributed by atoms with Gasteiger partial charge < -0.3 is 14.8 Å². The van der Waals surface area contributed by atoms with E-state index >= 15 is 0 Å². The third kappa shape index (κ3) is 3.45. The largest absolute Gasteiger partial charge is 0.352 e. The van der Waals surface area contributed by atoms with E-state index in [1.54, 1.807) is 6.20 Å². The number of aromatic nitrogens is 3. The van der Waals surface area contributed by atoms with Crippen LogP contribution in [0.5, 0.6) is 0 Å². The zero-order valence-electron chi connectivity index (χ0n) is 15.5. The van der Waals surface area contributed by atoms with Crippen LogP contribution in [-0.2, 0) is 6.54 Å². The van der Waals surface area contributed by atoms with Crippen LogP contribution in [0.1, 0.15) is 42.9 Å². The van der Waals surface area contributed by atoms with Crippen LogP contribution < -0.4 is 5.32 Å². The van der Waals surface area contributed by atoms with E-state index in [2.05, 4.69) is 69.1 Å². The van der Waals surface area contributed by atoms with Gasteiger partial charge in [0.05, 0.1) is 17.8 Å². The summed E-state index contributed by atoms with van der Waals surface area (Å²) >= 11 is 5.69. The maximum atomic E-state index is 5.69. The molecule has 2 atom stereocenters. The van der Waals surface area contributed by atoms with Crippen LogP contribution in [0.3, 0.4) is 0 Å². The van der Waals surface area contributed by atoms with Gasteiger partial charge in [-0.25, -0.2) is 0 Å². The van der Waals surface area contributed by atoms with Gasteiger partial charge in [-0.15, -0.1) is 0 Å². The fourth-order valence-corrected chi connectivity index (χ4v) is 4.22. The van der Waals surface area contributed by atoms with Crippen molar-refractivity contribution in [3.05, 3.63) is 84.2 Å². The van der Waals surface area contributed by atoms with Crippen molar-refractivity contribution in [2.45, 2.75) is 38.5 Å². The lowest BCUT2D eigenvalue weighted by Crippen LogP contribution is -2.36. The predicted molar refractivity (Wildman–Crippen MR) is 110 cm³/mol. The van der Waals surface area contributed by atoms with Gasteiger partial charge in [-0.3, -0.25) is 9.97 Å². The minimum Gasteiger partial charge on any atom is -0.352 e. The number of pyridine rings is 2. The molecule has 4 heterocycles.